The Hall–Kier alpha value is -2.30. The van der Waals surface area contributed by atoms with Crippen LogP contribution in [-0.2, 0) is 17.6 Å². The van der Waals surface area contributed by atoms with E-state index in [0.717, 1.165) is 30.0 Å². The van der Waals surface area contributed by atoms with Crippen LogP contribution in [-0.4, -0.2) is 29.1 Å². The van der Waals surface area contributed by atoms with Crippen LogP contribution in [0.3, 0.4) is 0 Å². The number of rotatable bonds is 8. The van der Waals surface area contributed by atoms with Gasteiger partial charge in [0.25, 0.3) is 0 Å². The number of nitrogens with one attached hydrogen (secondary N) is 1. The third-order valence-corrected chi connectivity index (χ3v) is 4.44. The monoisotopic (exact) mass is 327 g/mol. The second kappa shape index (κ2) is 7.51. The van der Waals surface area contributed by atoms with Gasteiger partial charge in [-0.15, -0.1) is 0 Å². The molecule has 1 aliphatic rings. The van der Waals surface area contributed by atoms with Gasteiger partial charge in [-0.05, 0) is 43.9 Å². The minimum absolute atomic E-state index is 0.0899. The van der Waals surface area contributed by atoms with Gasteiger partial charge >= 0.3 is 0 Å². The third kappa shape index (κ3) is 4.16. The van der Waals surface area contributed by atoms with Gasteiger partial charge in [-0.25, -0.2) is 4.98 Å². The molecule has 5 nitrogen and oxygen atoms in total. The van der Waals surface area contributed by atoms with Crippen molar-refractivity contribution in [3.63, 3.8) is 0 Å². The molecule has 0 spiro atoms. The number of carbonyl (C=O) groups is 1. The number of benzene rings is 1. The molecule has 2 aromatic rings. The number of carbonyl (C=O) groups excluding carboxylic acids is 1. The highest BCUT2D eigenvalue weighted by Gasteiger charge is 2.26. The van der Waals surface area contributed by atoms with Gasteiger partial charge in [0.05, 0.1) is 7.11 Å². The molecule has 0 atom stereocenters. The van der Waals surface area contributed by atoms with Crippen molar-refractivity contribution in [1.82, 2.24) is 14.9 Å². The zero-order valence-electron chi connectivity index (χ0n) is 14.4. The zero-order chi connectivity index (χ0) is 16.9. The fraction of sp³-hybridized carbons (Fsp3) is 0.474. The number of aromatic nitrogens is 2. The zero-order valence-corrected chi connectivity index (χ0v) is 14.4. The Bertz CT molecular complexity index is 687. The van der Waals surface area contributed by atoms with Gasteiger partial charge in [-0.2, -0.15) is 0 Å². The molecule has 1 fully saturated rings. The Balaban J connectivity index is 1.41. The van der Waals surface area contributed by atoms with Crippen LogP contribution < -0.4 is 10.1 Å². The second-order valence-electron chi connectivity index (χ2n) is 6.37. The lowest BCUT2D eigenvalue weighted by Gasteiger charge is -2.09. The Morgan fingerprint density at radius 1 is 1.29 bits per heavy atom. The molecule has 0 saturated heterocycles. The van der Waals surface area contributed by atoms with Crippen molar-refractivity contribution in [1.29, 1.82) is 0 Å². The van der Waals surface area contributed by atoms with Gasteiger partial charge in [0.15, 0.2) is 0 Å². The number of amides is 1. The average molecular weight is 327 g/mol. The van der Waals surface area contributed by atoms with Crippen molar-refractivity contribution >= 4 is 5.91 Å². The summed E-state index contributed by atoms with van der Waals surface area (Å²) in [5.74, 6) is 2.02. The van der Waals surface area contributed by atoms with E-state index in [2.05, 4.69) is 21.8 Å². The van der Waals surface area contributed by atoms with E-state index in [9.17, 15) is 4.79 Å². The van der Waals surface area contributed by atoms with Crippen LogP contribution in [0, 0.1) is 6.92 Å². The summed E-state index contributed by atoms with van der Waals surface area (Å²) in [6.45, 7) is 2.74. The van der Waals surface area contributed by atoms with Gasteiger partial charge in [0.2, 0.25) is 5.91 Å². The highest BCUT2D eigenvalue weighted by atomic mass is 16.5. The highest BCUT2D eigenvalue weighted by molar-refractivity contribution is 5.76. The van der Waals surface area contributed by atoms with Crippen molar-refractivity contribution in [2.24, 2.45) is 0 Å². The van der Waals surface area contributed by atoms with Crippen molar-refractivity contribution < 1.29 is 9.53 Å². The first-order valence-corrected chi connectivity index (χ1v) is 8.59. The molecule has 1 aromatic heterocycles. The fourth-order valence-electron chi connectivity index (χ4n) is 2.96. The predicted molar refractivity (Wildman–Crippen MR) is 93.3 cm³/mol. The summed E-state index contributed by atoms with van der Waals surface area (Å²) in [6, 6.07) is 8.48. The van der Waals surface area contributed by atoms with E-state index in [4.69, 9.17) is 4.74 Å². The molecule has 0 bridgehead atoms. The average Bonchev–Trinajstić information content (AvgIpc) is 3.37. The topological polar surface area (TPSA) is 56.1 Å². The quantitative estimate of drug-likeness (QED) is 0.811. The molecule has 1 saturated carbocycles. The van der Waals surface area contributed by atoms with Gasteiger partial charge < -0.3 is 14.6 Å². The molecular weight excluding hydrogens is 302 g/mol. The summed E-state index contributed by atoms with van der Waals surface area (Å²) in [6.07, 6.45) is 6.46. The van der Waals surface area contributed by atoms with Crippen LogP contribution in [0.1, 0.15) is 42.4 Å². The van der Waals surface area contributed by atoms with E-state index in [0.29, 0.717) is 19.0 Å². The maximum atomic E-state index is 12.0. The summed E-state index contributed by atoms with van der Waals surface area (Å²) >= 11 is 0. The molecule has 1 heterocycles. The Kier molecular flexibility index (Phi) is 5.18. The lowest BCUT2D eigenvalue weighted by Crippen LogP contribution is -2.26. The Labute approximate surface area is 143 Å². The second-order valence-corrected chi connectivity index (χ2v) is 6.37. The van der Waals surface area contributed by atoms with Crippen molar-refractivity contribution in [3.8, 4) is 5.75 Å². The first-order valence-electron chi connectivity index (χ1n) is 8.59. The molecule has 0 aliphatic heterocycles. The minimum Gasteiger partial charge on any atom is -0.497 e. The maximum absolute atomic E-state index is 12.0. The van der Waals surface area contributed by atoms with Gasteiger partial charge in [-0.1, -0.05) is 12.1 Å². The van der Waals surface area contributed by atoms with Crippen molar-refractivity contribution in [2.45, 2.75) is 45.1 Å². The largest absolute Gasteiger partial charge is 0.497 e. The number of imidazole rings is 1. The smallest absolute Gasteiger partial charge is 0.220 e. The number of nitrogens with zero attached hydrogens (tertiary/aromatic N) is 2. The van der Waals surface area contributed by atoms with Crippen LogP contribution in [0.2, 0.25) is 0 Å². The summed E-state index contributed by atoms with van der Waals surface area (Å²) in [7, 11) is 1.65. The number of hydrogen-bond donors (Lipinski definition) is 1. The van der Waals surface area contributed by atoms with E-state index < -0.39 is 0 Å². The summed E-state index contributed by atoms with van der Waals surface area (Å²) in [5, 5.41) is 3.00. The molecule has 0 radical (unpaired) electrons. The molecule has 5 heteroatoms. The molecule has 24 heavy (non-hydrogen) atoms. The molecule has 1 aromatic carbocycles. The maximum Gasteiger partial charge on any atom is 0.220 e. The van der Waals surface area contributed by atoms with Crippen molar-refractivity contribution in [3.05, 3.63) is 47.5 Å². The minimum atomic E-state index is 0.0899. The molecule has 1 aliphatic carbocycles. The highest BCUT2D eigenvalue weighted by Crippen LogP contribution is 2.36. The Morgan fingerprint density at radius 3 is 2.71 bits per heavy atom. The van der Waals surface area contributed by atoms with Crippen LogP contribution in [0.15, 0.2) is 30.5 Å². The first-order chi connectivity index (χ1) is 11.7. The summed E-state index contributed by atoms with van der Waals surface area (Å²) in [4.78, 5) is 16.5. The lowest BCUT2D eigenvalue weighted by atomic mass is 10.1. The third-order valence-electron chi connectivity index (χ3n) is 4.44. The molecule has 3 rings (SSSR count). The number of hydrogen-bond acceptors (Lipinski definition) is 3. The van der Waals surface area contributed by atoms with Crippen LogP contribution >= 0.6 is 0 Å². The first kappa shape index (κ1) is 16.6. The van der Waals surface area contributed by atoms with Gasteiger partial charge in [0, 0.05) is 37.3 Å². The molecular formula is C19H25N3O2. The van der Waals surface area contributed by atoms with Gasteiger partial charge in [0.1, 0.15) is 11.6 Å². The fourth-order valence-corrected chi connectivity index (χ4v) is 2.96. The molecule has 0 unspecified atom stereocenters. The predicted octanol–water partition coefficient (Wildman–Crippen LogP) is 2.83. The molecule has 1 N–H and O–H groups in total. The van der Waals surface area contributed by atoms with Crippen LogP contribution in [0.25, 0.3) is 0 Å². The van der Waals surface area contributed by atoms with Crippen molar-refractivity contribution in [2.75, 3.05) is 13.7 Å². The summed E-state index contributed by atoms with van der Waals surface area (Å²) in [5.41, 5.74) is 2.36. The number of aryl methyl sites for hydroxylation is 2. The van der Waals surface area contributed by atoms with E-state index in [-0.39, 0.29) is 5.91 Å². The standard InChI is InChI=1S/C19H25N3O2/c1-14-13-21-18(22(14)16-6-7-16)11-12-20-19(23)10-5-15-3-8-17(24-2)9-4-15/h3-4,8-9,13,16H,5-7,10-12H2,1-2H3,(H,20,23). The van der Waals surface area contributed by atoms with E-state index in [1.807, 2.05) is 30.5 Å². The lowest BCUT2D eigenvalue weighted by molar-refractivity contribution is -0.121. The van der Waals surface area contributed by atoms with E-state index >= 15 is 0 Å². The van der Waals surface area contributed by atoms with E-state index in [1.54, 1.807) is 7.11 Å². The Morgan fingerprint density at radius 2 is 2.04 bits per heavy atom. The van der Waals surface area contributed by atoms with Crippen LogP contribution in [0.5, 0.6) is 5.75 Å². The summed E-state index contributed by atoms with van der Waals surface area (Å²) < 4.78 is 7.46. The van der Waals surface area contributed by atoms with Gasteiger partial charge in [-0.3, -0.25) is 4.79 Å². The normalized spacial score (nSPS) is 13.8. The number of methoxy groups -OCH3 is 1. The molecule has 1 amide bonds. The molecule has 128 valence electrons. The SMILES string of the molecule is COc1ccc(CCC(=O)NCCc2ncc(C)n2C2CC2)cc1. The number of ether oxygens (including phenoxy) is 1. The van der Waals surface area contributed by atoms with E-state index in [1.165, 1.54) is 18.5 Å². The van der Waals surface area contributed by atoms with Crippen LogP contribution in [0.4, 0.5) is 0 Å².